The predicted molar refractivity (Wildman–Crippen MR) is 67.3 cm³/mol. The quantitative estimate of drug-likeness (QED) is 0.544. The Morgan fingerprint density at radius 3 is 2.00 bits per heavy atom. The van der Waals surface area contributed by atoms with Crippen molar-refractivity contribution in [2.24, 2.45) is 16.6 Å². The largest absolute Gasteiger partial charge is 0.387 e. The van der Waals surface area contributed by atoms with E-state index in [1.165, 1.54) is 0 Å². The SMILES string of the molecule is CN(CCC(C)(C)C(=N)N)CC(C)(C)C. The highest BCUT2D eigenvalue weighted by Gasteiger charge is 2.22. The van der Waals surface area contributed by atoms with Crippen LogP contribution in [0.15, 0.2) is 0 Å². The highest BCUT2D eigenvalue weighted by Crippen LogP contribution is 2.21. The molecular formula is C12H27N3. The standard InChI is InChI=1S/C12H27N3/c1-11(2,3)9-15(6)8-7-12(4,5)10(13)14/h7-9H2,1-6H3,(H3,13,14). The number of hydrogen-bond acceptors (Lipinski definition) is 2. The van der Waals surface area contributed by atoms with Crippen molar-refractivity contribution < 1.29 is 0 Å². The highest BCUT2D eigenvalue weighted by molar-refractivity contribution is 5.82. The van der Waals surface area contributed by atoms with Crippen molar-refractivity contribution in [2.75, 3.05) is 20.1 Å². The average Bonchev–Trinajstić information content (AvgIpc) is 1.97. The number of amidine groups is 1. The molecule has 0 aliphatic heterocycles. The molecule has 0 atom stereocenters. The van der Waals surface area contributed by atoms with Crippen LogP contribution < -0.4 is 5.73 Å². The van der Waals surface area contributed by atoms with Gasteiger partial charge in [0.2, 0.25) is 0 Å². The summed E-state index contributed by atoms with van der Waals surface area (Å²) < 4.78 is 0. The van der Waals surface area contributed by atoms with Gasteiger partial charge in [-0.05, 0) is 25.4 Å². The van der Waals surface area contributed by atoms with Gasteiger partial charge >= 0.3 is 0 Å². The fourth-order valence-corrected chi connectivity index (χ4v) is 1.49. The minimum absolute atomic E-state index is 0.174. The van der Waals surface area contributed by atoms with E-state index in [1.807, 2.05) is 13.8 Å². The van der Waals surface area contributed by atoms with Gasteiger partial charge in [-0.3, -0.25) is 5.41 Å². The number of nitrogens with two attached hydrogens (primary N) is 1. The van der Waals surface area contributed by atoms with E-state index in [2.05, 4.69) is 32.7 Å². The summed E-state index contributed by atoms with van der Waals surface area (Å²) in [6.45, 7) is 12.8. The average molecular weight is 213 g/mol. The van der Waals surface area contributed by atoms with Crippen LogP contribution in [-0.4, -0.2) is 30.9 Å². The fourth-order valence-electron chi connectivity index (χ4n) is 1.49. The Hall–Kier alpha value is -0.570. The molecule has 3 nitrogen and oxygen atoms in total. The maximum atomic E-state index is 7.48. The Labute approximate surface area is 94.5 Å². The lowest BCUT2D eigenvalue weighted by molar-refractivity contribution is 0.210. The molecule has 3 heteroatoms. The van der Waals surface area contributed by atoms with Crippen molar-refractivity contribution in [3.63, 3.8) is 0 Å². The van der Waals surface area contributed by atoms with Crippen LogP contribution in [0.1, 0.15) is 41.0 Å². The van der Waals surface area contributed by atoms with E-state index in [0.29, 0.717) is 5.41 Å². The van der Waals surface area contributed by atoms with Crippen LogP contribution in [0, 0.1) is 16.2 Å². The summed E-state index contributed by atoms with van der Waals surface area (Å²) in [6.07, 6.45) is 0.939. The molecule has 15 heavy (non-hydrogen) atoms. The Morgan fingerprint density at radius 2 is 1.67 bits per heavy atom. The molecule has 90 valence electrons. The zero-order valence-electron chi connectivity index (χ0n) is 11.1. The van der Waals surface area contributed by atoms with Crippen LogP contribution in [0.5, 0.6) is 0 Å². The van der Waals surface area contributed by atoms with Crippen LogP contribution in [0.2, 0.25) is 0 Å². The number of hydrogen-bond donors (Lipinski definition) is 2. The van der Waals surface area contributed by atoms with Crippen molar-refractivity contribution in [1.29, 1.82) is 5.41 Å². The van der Waals surface area contributed by atoms with E-state index in [-0.39, 0.29) is 11.3 Å². The molecule has 0 aliphatic rings. The first kappa shape index (κ1) is 14.4. The molecule has 0 aromatic heterocycles. The second kappa shape index (κ2) is 4.97. The molecule has 0 amide bonds. The van der Waals surface area contributed by atoms with Crippen molar-refractivity contribution in [3.05, 3.63) is 0 Å². The summed E-state index contributed by atoms with van der Waals surface area (Å²) in [6, 6.07) is 0. The zero-order chi connectivity index (χ0) is 12.3. The van der Waals surface area contributed by atoms with E-state index in [1.54, 1.807) is 0 Å². The molecular weight excluding hydrogens is 186 g/mol. The van der Waals surface area contributed by atoms with Crippen LogP contribution >= 0.6 is 0 Å². The second-order valence-corrected chi connectivity index (χ2v) is 6.35. The molecule has 0 saturated heterocycles. The van der Waals surface area contributed by atoms with Crippen LogP contribution in [0.3, 0.4) is 0 Å². The normalized spacial score (nSPS) is 13.3. The summed E-state index contributed by atoms with van der Waals surface area (Å²) >= 11 is 0. The lowest BCUT2D eigenvalue weighted by Gasteiger charge is -2.30. The summed E-state index contributed by atoms with van der Waals surface area (Å²) in [4.78, 5) is 2.31. The van der Waals surface area contributed by atoms with Gasteiger partial charge in [0.25, 0.3) is 0 Å². The van der Waals surface area contributed by atoms with Gasteiger partial charge in [-0.2, -0.15) is 0 Å². The van der Waals surface area contributed by atoms with Crippen LogP contribution in [0.25, 0.3) is 0 Å². The Balaban J connectivity index is 4.01. The molecule has 0 unspecified atom stereocenters. The minimum atomic E-state index is -0.174. The number of nitrogens with one attached hydrogen (secondary N) is 1. The lowest BCUT2D eigenvalue weighted by Crippen LogP contribution is -2.36. The maximum Gasteiger partial charge on any atom is 0.0963 e. The summed E-state index contributed by atoms with van der Waals surface area (Å²) in [5.74, 6) is 0.284. The first-order valence-corrected chi connectivity index (χ1v) is 5.58. The van der Waals surface area contributed by atoms with E-state index < -0.39 is 0 Å². The van der Waals surface area contributed by atoms with Crippen LogP contribution in [0.4, 0.5) is 0 Å². The predicted octanol–water partition coefficient (Wildman–Crippen LogP) is 2.32. The number of rotatable bonds is 5. The van der Waals surface area contributed by atoms with Crippen molar-refractivity contribution in [2.45, 2.75) is 41.0 Å². The molecule has 0 bridgehead atoms. The Morgan fingerprint density at radius 1 is 1.20 bits per heavy atom. The van der Waals surface area contributed by atoms with Crippen molar-refractivity contribution in [1.82, 2.24) is 4.90 Å². The Bertz CT molecular complexity index is 213. The van der Waals surface area contributed by atoms with Crippen molar-refractivity contribution in [3.8, 4) is 0 Å². The van der Waals surface area contributed by atoms with Gasteiger partial charge < -0.3 is 10.6 Å². The molecule has 0 fully saturated rings. The summed E-state index contributed by atoms with van der Waals surface area (Å²) in [5, 5.41) is 7.48. The third-order valence-electron chi connectivity index (χ3n) is 2.59. The number of nitrogens with zero attached hydrogens (tertiary/aromatic N) is 1. The second-order valence-electron chi connectivity index (χ2n) is 6.35. The topological polar surface area (TPSA) is 53.1 Å². The van der Waals surface area contributed by atoms with Gasteiger partial charge in [-0.15, -0.1) is 0 Å². The third-order valence-corrected chi connectivity index (χ3v) is 2.59. The smallest absolute Gasteiger partial charge is 0.0963 e. The highest BCUT2D eigenvalue weighted by atomic mass is 15.1. The van der Waals surface area contributed by atoms with Gasteiger partial charge in [-0.25, -0.2) is 0 Å². The van der Waals surface area contributed by atoms with E-state index >= 15 is 0 Å². The van der Waals surface area contributed by atoms with Gasteiger partial charge in [0, 0.05) is 12.0 Å². The molecule has 0 heterocycles. The maximum absolute atomic E-state index is 7.48. The Kier molecular flexibility index (Phi) is 4.78. The van der Waals surface area contributed by atoms with Gasteiger partial charge in [0.1, 0.15) is 0 Å². The van der Waals surface area contributed by atoms with E-state index in [9.17, 15) is 0 Å². The van der Waals surface area contributed by atoms with Crippen molar-refractivity contribution >= 4 is 5.84 Å². The minimum Gasteiger partial charge on any atom is -0.387 e. The molecule has 0 saturated carbocycles. The van der Waals surface area contributed by atoms with Crippen LogP contribution in [-0.2, 0) is 0 Å². The van der Waals surface area contributed by atoms with Gasteiger partial charge in [0.15, 0.2) is 0 Å². The molecule has 0 aliphatic carbocycles. The van der Waals surface area contributed by atoms with E-state index in [0.717, 1.165) is 19.5 Å². The molecule has 0 aromatic rings. The van der Waals surface area contributed by atoms with Gasteiger partial charge in [0.05, 0.1) is 5.84 Å². The van der Waals surface area contributed by atoms with E-state index in [4.69, 9.17) is 11.1 Å². The molecule has 0 rings (SSSR count). The zero-order valence-corrected chi connectivity index (χ0v) is 11.1. The molecule has 0 aromatic carbocycles. The monoisotopic (exact) mass is 213 g/mol. The first-order chi connectivity index (χ1) is 6.54. The van der Waals surface area contributed by atoms with Gasteiger partial charge in [-0.1, -0.05) is 34.6 Å². The lowest BCUT2D eigenvalue weighted by atomic mass is 9.87. The molecule has 0 spiro atoms. The molecule has 3 N–H and O–H groups in total. The molecule has 0 radical (unpaired) electrons. The summed E-state index contributed by atoms with van der Waals surface area (Å²) in [5.41, 5.74) is 5.70. The third kappa shape index (κ3) is 6.50. The first-order valence-electron chi connectivity index (χ1n) is 5.58. The summed E-state index contributed by atoms with van der Waals surface area (Å²) in [7, 11) is 2.13. The fraction of sp³-hybridized carbons (Fsp3) is 0.917.